The van der Waals surface area contributed by atoms with Crippen LogP contribution in [0.25, 0.3) is 0 Å². The molecule has 0 spiro atoms. The van der Waals surface area contributed by atoms with Gasteiger partial charge in [-0.15, -0.1) is 0 Å². The molecular formula is C18H18N2O7. The van der Waals surface area contributed by atoms with Crippen molar-refractivity contribution < 1.29 is 28.7 Å². The van der Waals surface area contributed by atoms with Gasteiger partial charge in [0, 0.05) is 24.2 Å². The second-order valence-electron chi connectivity index (χ2n) is 5.34. The van der Waals surface area contributed by atoms with E-state index < -0.39 is 10.9 Å². The fourth-order valence-corrected chi connectivity index (χ4v) is 2.15. The zero-order chi connectivity index (χ0) is 19.8. The molecule has 0 saturated heterocycles. The van der Waals surface area contributed by atoms with Crippen LogP contribution in [-0.4, -0.2) is 37.6 Å². The number of carbonyl (C=O) groups is 2. The van der Waals surface area contributed by atoms with Crippen molar-refractivity contribution in [2.75, 3.05) is 20.8 Å². The summed E-state index contributed by atoms with van der Waals surface area (Å²) in [6.45, 7) is -0.123. The lowest BCUT2D eigenvalue weighted by Gasteiger charge is -2.12. The number of nitrogens with one attached hydrogen (secondary N) is 1. The summed E-state index contributed by atoms with van der Waals surface area (Å²) in [6, 6.07) is 10.4. The van der Waals surface area contributed by atoms with Crippen molar-refractivity contribution in [3.8, 4) is 11.5 Å². The first-order valence-corrected chi connectivity index (χ1v) is 7.83. The Bertz CT molecular complexity index is 834. The minimum absolute atomic E-state index is 0.0207. The molecule has 142 valence electrons. The second-order valence-corrected chi connectivity index (χ2v) is 5.34. The lowest BCUT2D eigenvalue weighted by molar-refractivity contribution is -0.384. The van der Waals surface area contributed by atoms with Gasteiger partial charge in [0.2, 0.25) is 0 Å². The molecule has 0 aliphatic carbocycles. The highest BCUT2D eigenvalue weighted by Gasteiger charge is 2.13. The summed E-state index contributed by atoms with van der Waals surface area (Å²) >= 11 is 0. The second kappa shape index (κ2) is 9.18. The smallest absolute Gasteiger partial charge is 0.343 e. The van der Waals surface area contributed by atoms with E-state index in [1.807, 2.05) is 0 Å². The monoisotopic (exact) mass is 374 g/mol. The van der Waals surface area contributed by atoms with Gasteiger partial charge < -0.3 is 19.5 Å². The van der Waals surface area contributed by atoms with E-state index in [0.29, 0.717) is 16.9 Å². The maximum absolute atomic E-state index is 12.3. The van der Waals surface area contributed by atoms with Gasteiger partial charge >= 0.3 is 5.97 Å². The highest BCUT2D eigenvalue weighted by Crippen LogP contribution is 2.28. The third-order valence-corrected chi connectivity index (χ3v) is 3.60. The van der Waals surface area contributed by atoms with E-state index in [1.54, 1.807) is 24.3 Å². The Labute approximate surface area is 155 Å². The van der Waals surface area contributed by atoms with E-state index in [4.69, 9.17) is 9.47 Å². The van der Waals surface area contributed by atoms with Crippen LogP contribution in [0.15, 0.2) is 42.5 Å². The zero-order valence-corrected chi connectivity index (χ0v) is 14.8. The Morgan fingerprint density at radius 2 is 1.78 bits per heavy atom. The molecule has 27 heavy (non-hydrogen) atoms. The van der Waals surface area contributed by atoms with Crippen LogP contribution in [0.3, 0.4) is 0 Å². The molecule has 0 aliphatic heterocycles. The first kappa shape index (κ1) is 19.7. The number of carbonyl (C=O) groups excluding carboxylic acids is 2. The number of nitro benzene ring substituents is 1. The molecule has 9 heteroatoms. The molecule has 2 aromatic carbocycles. The third kappa shape index (κ3) is 5.43. The number of methoxy groups -OCH3 is 2. The summed E-state index contributed by atoms with van der Waals surface area (Å²) in [7, 11) is 2.68. The Morgan fingerprint density at radius 1 is 1.07 bits per heavy atom. The number of non-ortho nitro benzene ring substituents is 1. The number of amides is 1. The van der Waals surface area contributed by atoms with Gasteiger partial charge in [-0.1, -0.05) is 12.1 Å². The predicted octanol–water partition coefficient (Wildman–Crippen LogP) is 2.09. The van der Waals surface area contributed by atoms with Crippen LogP contribution in [0, 0.1) is 10.1 Å². The minimum Gasteiger partial charge on any atom is -0.493 e. The van der Waals surface area contributed by atoms with Gasteiger partial charge in [-0.3, -0.25) is 14.9 Å². The number of esters is 1. The molecule has 0 aliphatic rings. The molecule has 0 unspecified atom stereocenters. The number of benzene rings is 2. The molecule has 2 aromatic rings. The van der Waals surface area contributed by atoms with Crippen LogP contribution in [0.1, 0.15) is 15.9 Å². The van der Waals surface area contributed by atoms with Gasteiger partial charge in [-0.25, -0.2) is 4.79 Å². The van der Waals surface area contributed by atoms with E-state index in [2.05, 4.69) is 10.1 Å². The van der Waals surface area contributed by atoms with Crippen LogP contribution in [0.5, 0.6) is 11.5 Å². The summed E-state index contributed by atoms with van der Waals surface area (Å²) in [5, 5.41) is 13.4. The molecule has 2 rings (SSSR count). The van der Waals surface area contributed by atoms with E-state index >= 15 is 0 Å². The number of nitrogens with zero attached hydrogens (tertiary/aromatic N) is 1. The van der Waals surface area contributed by atoms with E-state index in [-0.39, 0.29) is 30.5 Å². The van der Waals surface area contributed by atoms with Crippen molar-refractivity contribution in [3.63, 3.8) is 0 Å². The Morgan fingerprint density at radius 3 is 2.37 bits per heavy atom. The third-order valence-electron chi connectivity index (χ3n) is 3.60. The van der Waals surface area contributed by atoms with Crippen molar-refractivity contribution in [1.29, 1.82) is 0 Å². The fourth-order valence-electron chi connectivity index (χ4n) is 2.15. The molecule has 0 bridgehead atoms. The lowest BCUT2D eigenvalue weighted by atomic mass is 10.1. The molecule has 1 N–H and O–H groups in total. The predicted molar refractivity (Wildman–Crippen MR) is 94.8 cm³/mol. The van der Waals surface area contributed by atoms with Crippen LogP contribution in [-0.2, 0) is 16.1 Å². The van der Waals surface area contributed by atoms with Gasteiger partial charge in [-0.2, -0.15) is 0 Å². The van der Waals surface area contributed by atoms with E-state index in [9.17, 15) is 19.7 Å². The number of ether oxygens (including phenoxy) is 3. The molecule has 0 aromatic heterocycles. The molecule has 1 amide bonds. The average molecular weight is 374 g/mol. The maximum Gasteiger partial charge on any atom is 0.343 e. The largest absolute Gasteiger partial charge is 0.493 e. The van der Waals surface area contributed by atoms with Crippen LogP contribution >= 0.6 is 0 Å². The maximum atomic E-state index is 12.3. The molecular weight excluding hydrogens is 356 g/mol. The number of hydrogen-bond donors (Lipinski definition) is 1. The number of hydrogen-bond acceptors (Lipinski definition) is 7. The van der Waals surface area contributed by atoms with Crippen molar-refractivity contribution in [3.05, 3.63) is 63.7 Å². The van der Waals surface area contributed by atoms with E-state index in [0.717, 1.165) is 0 Å². The number of rotatable bonds is 8. The molecule has 0 heterocycles. The molecule has 0 fully saturated rings. The first-order valence-electron chi connectivity index (χ1n) is 7.83. The Hall–Kier alpha value is -3.62. The molecule has 9 nitrogen and oxygen atoms in total. The number of nitro groups is 1. The standard InChI is InChI=1S/C18H18N2O7/c1-25-15-8-5-13(9-16(15)27-11-17(21)26-2)18(22)19-10-12-3-6-14(7-4-12)20(23)24/h3-9H,10-11H2,1-2H3,(H,19,22). The van der Waals surface area contributed by atoms with Crippen molar-refractivity contribution in [1.82, 2.24) is 5.32 Å². The van der Waals surface area contributed by atoms with Gasteiger partial charge in [-0.05, 0) is 23.8 Å². The van der Waals surface area contributed by atoms with Crippen molar-refractivity contribution >= 4 is 17.6 Å². The minimum atomic E-state index is -0.565. The summed E-state index contributed by atoms with van der Waals surface area (Å²) in [6.07, 6.45) is 0. The normalized spacial score (nSPS) is 10.0. The molecule has 0 radical (unpaired) electrons. The van der Waals surface area contributed by atoms with E-state index in [1.165, 1.54) is 32.4 Å². The zero-order valence-electron chi connectivity index (χ0n) is 14.8. The van der Waals surface area contributed by atoms with Crippen molar-refractivity contribution in [2.45, 2.75) is 6.54 Å². The van der Waals surface area contributed by atoms with Crippen LogP contribution in [0.2, 0.25) is 0 Å². The Balaban J connectivity index is 2.04. The van der Waals surface area contributed by atoms with Crippen LogP contribution in [0.4, 0.5) is 5.69 Å². The highest BCUT2D eigenvalue weighted by molar-refractivity contribution is 5.94. The Kier molecular flexibility index (Phi) is 6.70. The lowest BCUT2D eigenvalue weighted by Crippen LogP contribution is -2.23. The molecule has 0 atom stereocenters. The fraction of sp³-hybridized carbons (Fsp3) is 0.222. The van der Waals surface area contributed by atoms with Gasteiger partial charge in [0.05, 0.1) is 19.1 Å². The van der Waals surface area contributed by atoms with Gasteiger partial charge in [0.25, 0.3) is 11.6 Å². The topological polar surface area (TPSA) is 117 Å². The highest BCUT2D eigenvalue weighted by atomic mass is 16.6. The first-order chi connectivity index (χ1) is 12.9. The molecule has 0 saturated carbocycles. The summed E-state index contributed by atoms with van der Waals surface area (Å²) in [4.78, 5) is 33.7. The summed E-state index contributed by atoms with van der Waals surface area (Å²) in [5.41, 5.74) is 0.995. The quantitative estimate of drug-likeness (QED) is 0.427. The summed E-state index contributed by atoms with van der Waals surface area (Å²) < 4.78 is 15.0. The van der Waals surface area contributed by atoms with Crippen molar-refractivity contribution in [2.24, 2.45) is 0 Å². The van der Waals surface area contributed by atoms with Gasteiger partial charge in [0.15, 0.2) is 18.1 Å². The van der Waals surface area contributed by atoms with Crippen LogP contribution < -0.4 is 14.8 Å². The summed E-state index contributed by atoms with van der Waals surface area (Å²) in [5.74, 6) is -0.347. The average Bonchev–Trinajstić information content (AvgIpc) is 2.70. The SMILES string of the molecule is COC(=O)COc1cc(C(=O)NCc2ccc([N+](=O)[O-])cc2)ccc1OC. The van der Waals surface area contributed by atoms with Gasteiger partial charge in [0.1, 0.15) is 0 Å².